The molecule has 6 N–H and O–H groups in total. The molecule has 11 nitrogen and oxygen atoms in total. The van der Waals surface area contributed by atoms with E-state index in [1.807, 2.05) is 0 Å². The van der Waals surface area contributed by atoms with Crippen molar-refractivity contribution in [1.29, 1.82) is 0 Å². The molecule has 0 radical (unpaired) electrons. The molecule has 0 aromatic carbocycles. The molecule has 0 saturated heterocycles. The van der Waals surface area contributed by atoms with Crippen molar-refractivity contribution in [3.63, 3.8) is 0 Å². The Hall–Kier alpha value is 1.95. The Labute approximate surface area is 258 Å². The Morgan fingerprint density at radius 3 is 0.960 bits per heavy atom. The fourth-order valence-electron chi connectivity index (χ4n) is 0.714. The largest absolute Gasteiger partial charge is 1.00 e. The van der Waals surface area contributed by atoms with Crippen molar-refractivity contribution in [1.82, 2.24) is 0 Å². The molecule has 15 heteroatoms. The summed E-state index contributed by atoms with van der Waals surface area (Å²) in [5.41, 5.74) is -2.74. The second kappa shape index (κ2) is 25.9. The van der Waals surface area contributed by atoms with Crippen molar-refractivity contribution in [3.05, 3.63) is 0 Å². The van der Waals surface area contributed by atoms with Gasteiger partial charge in [0.15, 0.2) is 5.60 Å². The minimum absolute atomic E-state index is 0. The molecule has 0 aliphatic carbocycles. The summed E-state index contributed by atoms with van der Waals surface area (Å²) in [6.45, 7) is 2.17. The van der Waals surface area contributed by atoms with Crippen LogP contribution in [-0.4, -0.2) is 66.1 Å². The Morgan fingerprint density at radius 2 is 0.880 bits per heavy atom. The van der Waals surface area contributed by atoms with Gasteiger partial charge in [-0.3, -0.25) is 19.2 Å². The first-order valence-electron chi connectivity index (χ1n) is 5.03. The van der Waals surface area contributed by atoms with Crippen LogP contribution in [0.3, 0.4) is 0 Å². The zero-order chi connectivity index (χ0) is 17.8. The number of aliphatic hydroxyl groups is 1. The first-order valence-corrected chi connectivity index (χ1v) is 5.03. The summed E-state index contributed by atoms with van der Waals surface area (Å²) in [4.78, 5) is 48.5. The standard InChI is InChI=1S/C6H8O7.2C2H4O2.K.3Na.4H/c7-3(8)1-6(13,5(11)12)2-4(9)10;2*1-2(3)4;;;;;;;;/h13H,1-2H2,(H,7,8)(H,9,10)(H,11,12);2*1H3,(H,3,4);;;;;;;;/q;;;4*+1;4*-1. The minimum Gasteiger partial charge on any atom is -1.00 e. The van der Waals surface area contributed by atoms with Gasteiger partial charge in [-0.1, -0.05) is 0 Å². The SMILES string of the molecule is CC(=O)O.CC(=O)O.O=C(O)CC(O)(CC(=O)O)C(=O)O.[H-].[H-].[H-].[H-].[K+].[Na+].[Na+].[Na+]. The maximum absolute atomic E-state index is 10.3. The van der Waals surface area contributed by atoms with Gasteiger partial charge in [0, 0.05) is 13.8 Å². The van der Waals surface area contributed by atoms with Crippen LogP contribution in [0.1, 0.15) is 32.4 Å². The number of rotatable bonds is 5. The van der Waals surface area contributed by atoms with Crippen molar-refractivity contribution in [2.45, 2.75) is 32.3 Å². The Morgan fingerprint density at radius 1 is 0.720 bits per heavy atom. The maximum Gasteiger partial charge on any atom is 1.00 e. The monoisotopic (exact) mass is 424 g/mol. The molecule has 0 amide bonds. The fraction of sp³-hybridized carbons (Fsp3) is 0.500. The summed E-state index contributed by atoms with van der Waals surface area (Å²) in [6.07, 6.45) is -2.29. The topological polar surface area (TPSA) is 207 Å². The molecular weight excluding hydrogens is 404 g/mol. The number of aliphatic carboxylic acids is 5. The van der Waals surface area contributed by atoms with Gasteiger partial charge in [-0.05, 0) is 0 Å². The summed E-state index contributed by atoms with van der Waals surface area (Å²) < 4.78 is 0. The van der Waals surface area contributed by atoms with Gasteiger partial charge in [0.25, 0.3) is 11.9 Å². The summed E-state index contributed by atoms with van der Waals surface area (Å²) >= 11 is 0. The Bertz CT molecular complexity index is 398. The number of hydrogen-bond donors (Lipinski definition) is 6. The average Bonchev–Trinajstić information content (AvgIpc) is 2.11. The van der Waals surface area contributed by atoms with E-state index in [4.69, 9.17) is 40.2 Å². The first-order chi connectivity index (χ1) is 9.24. The predicted molar refractivity (Wildman–Crippen MR) is 68.2 cm³/mol. The minimum atomic E-state index is -2.74. The summed E-state index contributed by atoms with van der Waals surface area (Å²) in [5.74, 6) is -6.69. The van der Waals surface area contributed by atoms with E-state index in [0.29, 0.717) is 0 Å². The van der Waals surface area contributed by atoms with E-state index in [-0.39, 0.29) is 146 Å². The molecule has 25 heavy (non-hydrogen) atoms. The fourth-order valence-corrected chi connectivity index (χ4v) is 0.714. The van der Waals surface area contributed by atoms with Crippen molar-refractivity contribution < 1.29 is 200 Å². The average molecular weight is 424 g/mol. The van der Waals surface area contributed by atoms with Crippen molar-refractivity contribution in [3.8, 4) is 0 Å². The van der Waals surface area contributed by atoms with Gasteiger partial charge < -0.3 is 36.3 Å². The molecule has 0 unspecified atom stereocenters. The molecule has 0 aromatic heterocycles. The number of carbonyl (C=O) groups is 5. The second-order valence-electron chi connectivity index (χ2n) is 3.52. The number of carboxylic acids is 5. The van der Waals surface area contributed by atoms with Crippen LogP contribution >= 0.6 is 0 Å². The van der Waals surface area contributed by atoms with Gasteiger partial charge in [0.1, 0.15) is 0 Å². The molecule has 130 valence electrons. The molecule has 0 rings (SSSR count). The van der Waals surface area contributed by atoms with Gasteiger partial charge >= 0.3 is 158 Å². The third-order valence-electron chi connectivity index (χ3n) is 1.29. The first kappa shape index (κ1) is 45.6. The third kappa shape index (κ3) is 46.2. The van der Waals surface area contributed by atoms with E-state index in [9.17, 15) is 14.4 Å². The van der Waals surface area contributed by atoms with E-state index in [0.717, 1.165) is 13.8 Å². The number of carboxylic acid groups (broad SMARTS) is 5. The van der Waals surface area contributed by atoms with Gasteiger partial charge in [0.2, 0.25) is 0 Å². The molecule has 0 fully saturated rings. The van der Waals surface area contributed by atoms with Crippen molar-refractivity contribution in [2.24, 2.45) is 0 Å². The van der Waals surface area contributed by atoms with E-state index in [1.165, 1.54) is 0 Å². The van der Waals surface area contributed by atoms with Gasteiger partial charge in [-0.25, -0.2) is 4.79 Å². The van der Waals surface area contributed by atoms with Crippen LogP contribution in [0.25, 0.3) is 0 Å². The quantitative estimate of drug-likeness (QED) is 0.228. The summed E-state index contributed by atoms with van der Waals surface area (Å²) in [7, 11) is 0. The van der Waals surface area contributed by atoms with E-state index in [2.05, 4.69) is 0 Å². The summed E-state index contributed by atoms with van der Waals surface area (Å²) in [6, 6.07) is 0. The molecule has 0 heterocycles. The van der Waals surface area contributed by atoms with E-state index in [1.54, 1.807) is 0 Å². The summed E-state index contributed by atoms with van der Waals surface area (Å²) in [5, 5.41) is 48.6. The smallest absolute Gasteiger partial charge is 1.00 e. The van der Waals surface area contributed by atoms with Gasteiger partial charge in [0.05, 0.1) is 12.8 Å². The molecule has 0 aliphatic rings. The van der Waals surface area contributed by atoms with Crippen molar-refractivity contribution >= 4 is 29.8 Å². The third-order valence-corrected chi connectivity index (χ3v) is 1.29. The molecule has 0 aliphatic heterocycles. The van der Waals surface area contributed by atoms with Crippen LogP contribution in [0, 0.1) is 0 Å². The molecule has 0 saturated carbocycles. The zero-order valence-corrected chi connectivity index (χ0v) is 24.3. The molecule has 0 bridgehead atoms. The molecule has 0 aromatic rings. The van der Waals surface area contributed by atoms with Crippen LogP contribution in [0.15, 0.2) is 0 Å². The second-order valence-corrected chi connectivity index (χ2v) is 3.52. The van der Waals surface area contributed by atoms with Gasteiger partial charge in [-0.15, -0.1) is 0 Å². The number of hydrogen-bond acceptors (Lipinski definition) is 6. The Balaban J connectivity index is -0.0000000198. The van der Waals surface area contributed by atoms with Crippen molar-refractivity contribution in [2.75, 3.05) is 0 Å². The van der Waals surface area contributed by atoms with E-state index < -0.39 is 48.3 Å². The normalized spacial score (nSPS) is 7.64. The molecule has 0 spiro atoms. The van der Waals surface area contributed by atoms with Crippen LogP contribution < -0.4 is 140 Å². The van der Waals surface area contributed by atoms with Crippen LogP contribution in [0.5, 0.6) is 0 Å². The van der Waals surface area contributed by atoms with Crippen LogP contribution in [-0.2, 0) is 24.0 Å². The molecule has 0 atom stereocenters. The van der Waals surface area contributed by atoms with Crippen LogP contribution in [0.2, 0.25) is 0 Å². The van der Waals surface area contributed by atoms with E-state index >= 15 is 0 Å². The predicted octanol–water partition coefficient (Wildman–Crippen LogP) is -12.6. The zero-order valence-electron chi connectivity index (χ0n) is 19.1. The maximum atomic E-state index is 10.3. The van der Waals surface area contributed by atoms with Crippen LogP contribution in [0.4, 0.5) is 0 Å². The Kier molecular flexibility index (Phi) is 47.3. The van der Waals surface area contributed by atoms with Gasteiger partial charge in [-0.2, -0.15) is 0 Å². The molecular formula is C10H20KNa3O11.